The van der Waals surface area contributed by atoms with Crippen molar-refractivity contribution >= 4 is 0 Å². The fourth-order valence-corrected chi connectivity index (χ4v) is 2.27. The van der Waals surface area contributed by atoms with Crippen molar-refractivity contribution < 1.29 is 0 Å². The van der Waals surface area contributed by atoms with Crippen molar-refractivity contribution in [3.05, 3.63) is 0 Å². The smallest absolute Gasteiger partial charge is 0.0241 e. The quantitative estimate of drug-likeness (QED) is 0.725. The van der Waals surface area contributed by atoms with E-state index in [1.165, 1.54) is 38.8 Å². The second-order valence-electron chi connectivity index (χ2n) is 4.50. The molecule has 0 aromatic heterocycles. The lowest BCUT2D eigenvalue weighted by Gasteiger charge is -2.32. The van der Waals surface area contributed by atoms with Crippen LogP contribution in [0.3, 0.4) is 0 Å². The molecule has 0 spiro atoms. The summed E-state index contributed by atoms with van der Waals surface area (Å²) in [5.74, 6) is 0.697. The molecular weight excluding hydrogens is 160 g/mol. The van der Waals surface area contributed by atoms with Crippen LogP contribution in [0.15, 0.2) is 0 Å². The number of nitrogens with zero attached hydrogens (tertiary/aromatic N) is 1. The fourth-order valence-electron chi connectivity index (χ4n) is 2.27. The maximum atomic E-state index is 5.81. The Labute approximate surface area is 82.5 Å². The Hall–Kier alpha value is -0.0800. The van der Waals surface area contributed by atoms with Gasteiger partial charge in [0.05, 0.1) is 0 Å². The topological polar surface area (TPSA) is 29.3 Å². The first kappa shape index (κ1) is 11.0. The van der Waals surface area contributed by atoms with Gasteiger partial charge in [0.2, 0.25) is 0 Å². The molecule has 0 bridgehead atoms. The summed E-state index contributed by atoms with van der Waals surface area (Å²) in [7, 11) is 0. The van der Waals surface area contributed by atoms with E-state index in [0.29, 0.717) is 12.0 Å². The van der Waals surface area contributed by atoms with Crippen LogP contribution in [0, 0.1) is 5.92 Å². The maximum Gasteiger partial charge on any atom is 0.0241 e. The van der Waals surface area contributed by atoms with Crippen LogP contribution in [-0.2, 0) is 0 Å². The second kappa shape index (κ2) is 5.61. The molecule has 0 saturated carbocycles. The average molecular weight is 184 g/mol. The second-order valence-corrected chi connectivity index (χ2v) is 4.50. The van der Waals surface area contributed by atoms with Crippen molar-refractivity contribution in [2.45, 2.75) is 45.6 Å². The lowest BCUT2D eigenvalue weighted by Crippen LogP contribution is -2.44. The molecule has 0 aromatic carbocycles. The Morgan fingerprint density at radius 1 is 1.08 bits per heavy atom. The Morgan fingerprint density at radius 2 is 1.62 bits per heavy atom. The molecule has 2 nitrogen and oxygen atoms in total. The van der Waals surface area contributed by atoms with Gasteiger partial charge < -0.3 is 5.73 Å². The van der Waals surface area contributed by atoms with Crippen LogP contribution < -0.4 is 5.73 Å². The van der Waals surface area contributed by atoms with E-state index in [1.54, 1.807) is 0 Å². The van der Waals surface area contributed by atoms with Crippen molar-refractivity contribution in [2.75, 3.05) is 19.6 Å². The summed E-state index contributed by atoms with van der Waals surface area (Å²) < 4.78 is 0. The van der Waals surface area contributed by atoms with Gasteiger partial charge in [-0.3, -0.25) is 4.90 Å². The van der Waals surface area contributed by atoms with E-state index in [0.717, 1.165) is 6.54 Å². The largest absolute Gasteiger partial charge is 0.329 e. The Bertz CT molecular complexity index is 126. The number of hydrogen-bond acceptors (Lipinski definition) is 2. The van der Waals surface area contributed by atoms with Crippen molar-refractivity contribution in [2.24, 2.45) is 11.7 Å². The minimum absolute atomic E-state index is 0.609. The molecule has 1 saturated heterocycles. The van der Waals surface area contributed by atoms with Crippen LogP contribution >= 0.6 is 0 Å². The van der Waals surface area contributed by atoms with Crippen LogP contribution in [0.2, 0.25) is 0 Å². The highest BCUT2D eigenvalue weighted by Crippen LogP contribution is 2.16. The van der Waals surface area contributed by atoms with Gasteiger partial charge in [-0.05, 0) is 31.8 Å². The zero-order valence-corrected chi connectivity index (χ0v) is 9.13. The summed E-state index contributed by atoms with van der Waals surface area (Å²) in [5, 5.41) is 0. The summed E-state index contributed by atoms with van der Waals surface area (Å²) in [4.78, 5) is 2.59. The molecule has 0 aliphatic carbocycles. The highest BCUT2D eigenvalue weighted by Gasteiger charge is 2.20. The molecule has 2 heteroatoms. The normalized spacial score (nSPS) is 23.1. The van der Waals surface area contributed by atoms with E-state index in [-0.39, 0.29) is 0 Å². The molecule has 1 fully saturated rings. The lowest BCUT2D eigenvalue weighted by atomic mass is 10.0. The molecule has 1 aliphatic heterocycles. The van der Waals surface area contributed by atoms with Gasteiger partial charge in [-0.1, -0.05) is 26.7 Å². The van der Waals surface area contributed by atoms with E-state index in [1.807, 2.05) is 0 Å². The highest BCUT2D eigenvalue weighted by atomic mass is 15.2. The third-order valence-corrected chi connectivity index (χ3v) is 3.12. The Morgan fingerprint density at radius 3 is 2.00 bits per heavy atom. The Balaban J connectivity index is 2.45. The first-order valence-corrected chi connectivity index (χ1v) is 5.70. The number of likely N-dealkylation sites (tertiary alicyclic amines) is 1. The minimum atomic E-state index is 0.609. The molecule has 0 amide bonds. The van der Waals surface area contributed by atoms with Gasteiger partial charge in [-0.2, -0.15) is 0 Å². The predicted molar refractivity (Wildman–Crippen MR) is 57.7 cm³/mol. The number of hydrogen-bond donors (Lipinski definition) is 1. The van der Waals surface area contributed by atoms with Gasteiger partial charge in [0.15, 0.2) is 0 Å². The van der Waals surface area contributed by atoms with Crippen molar-refractivity contribution in [1.29, 1.82) is 0 Å². The van der Waals surface area contributed by atoms with Gasteiger partial charge in [0.1, 0.15) is 0 Å². The van der Waals surface area contributed by atoms with Crippen LogP contribution in [0.5, 0.6) is 0 Å². The molecule has 13 heavy (non-hydrogen) atoms. The zero-order valence-electron chi connectivity index (χ0n) is 9.13. The maximum absolute atomic E-state index is 5.81. The Kier molecular flexibility index (Phi) is 4.74. The van der Waals surface area contributed by atoms with E-state index in [9.17, 15) is 0 Å². The average Bonchev–Trinajstić information content (AvgIpc) is 2.33. The summed E-state index contributed by atoms with van der Waals surface area (Å²) in [5.41, 5.74) is 5.81. The van der Waals surface area contributed by atoms with Gasteiger partial charge >= 0.3 is 0 Å². The van der Waals surface area contributed by atoms with E-state index >= 15 is 0 Å². The van der Waals surface area contributed by atoms with Crippen LogP contribution in [0.1, 0.15) is 39.5 Å². The number of rotatable bonds is 3. The monoisotopic (exact) mass is 184 g/mol. The van der Waals surface area contributed by atoms with E-state index < -0.39 is 0 Å². The molecule has 2 N–H and O–H groups in total. The van der Waals surface area contributed by atoms with Gasteiger partial charge in [-0.15, -0.1) is 0 Å². The first-order valence-electron chi connectivity index (χ1n) is 5.70. The van der Waals surface area contributed by atoms with Gasteiger partial charge in [-0.25, -0.2) is 0 Å². The first-order chi connectivity index (χ1) is 6.25. The summed E-state index contributed by atoms with van der Waals surface area (Å²) in [6, 6.07) is 0.609. The van der Waals surface area contributed by atoms with Gasteiger partial charge in [0, 0.05) is 12.6 Å². The minimum Gasteiger partial charge on any atom is -0.329 e. The summed E-state index contributed by atoms with van der Waals surface area (Å²) in [6.07, 6.45) is 5.55. The van der Waals surface area contributed by atoms with Crippen molar-refractivity contribution in [3.63, 3.8) is 0 Å². The molecule has 78 valence electrons. The van der Waals surface area contributed by atoms with Crippen molar-refractivity contribution in [3.8, 4) is 0 Å². The molecule has 0 aromatic rings. The molecule has 1 atom stereocenters. The van der Waals surface area contributed by atoms with E-state index in [4.69, 9.17) is 5.73 Å². The zero-order chi connectivity index (χ0) is 9.68. The predicted octanol–water partition coefficient (Wildman–Crippen LogP) is 1.85. The molecule has 1 heterocycles. The summed E-state index contributed by atoms with van der Waals surface area (Å²) in [6.45, 7) is 7.91. The van der Waals surface area contributed by atoms with Crippen LogP contribution in [-0.4, -0.2) is 30.6 Å². The third kappa shape index (κ3) is 3.28. The highest BCUT2D eigenvalue weighted by molar-refractivity contribution is 4.77. The lowest BCUT2D eigenvalue weighted by molar-refractivity contribution is 0.165. The van der Waals surface area contributed by atoms with E-state index in [2.05, 4.69) is 18.7 Å². The van der Waals surface area contributed by atoms with Gasteiger partial charge in [0.25, 0.3) is 0 Å². The number of nitrogens with two attached hydrogens (primary N) is 1. The molecule has 0 unspecified atom stereocenters. The summed E-state index contributed by atoms with van der Waals surface area (Å²) >= 11 is 0. The van der Waals surface area contributed by atoms with Crippen LogP contribution in [0.4, 0.5) is 0 Å². The SMILES string of the molecule is CC(C)[C@@H](CN)N1CCCCCC1. The fraction of sp³-hybridized carbons (Fsp3) is 1.00. The molecule has 1 rings (SSSR count). The molecule has 0 radical (unpaired) electrons. The third-order valence-electron chi connectivity index (χ3n) is 3.12. The molecular formula is C11H24N2. The molecule has 1 aliphatic rings. The van der Waals surface area contributed by atoms with Crippen LogP contribution in [0.25, 0.3) is 0 Å². The van der Waals surface area contributed by atoms with Crippen molar-refractivity contribution in [1.82, 2.24) is 4.90 Å². The standard InChI is InChI=1S/C11H24N2/c1-10(2)11(9-12)13-7-5-3-4-6-8-13/h10-11H,3-9,12H2,1-2H3/t11-/m1/s1.